The number of rotatable bonds is 5. The van der Waals surface area contributed by atoms with E-state index in [9.17, 15) is 0 Å². The maximum Gasteiger partial charge on any atom is 0.112 e. The second-order valence-electron chi connectivity index (χ2n) is 4.08. The minimum Gasteiger partial charge on any atom is -0.497 e. The van der Waals surface area contributed by atoms with Gasteiger partial charge in [-0.15, -0.1) is 9.24 Å². The van der Waals surface area contributed by atoms with E-state index in [1.807, 2.05) is 0 Å². The van der Waals surface area contributed by atoms with Gasteiger partial charge in [0, 0.05) is 0 Å². The second kappa shape index (κ2) is 6.37. The molecule has 0 saturated carbocycles. The first kappa shape index (κ1) is 12.9. The average molecular weight is 256 g/mol. The fraction of sp³-hybridized carbons (Fsp3) is 0.125. The van der Waals surface area contributed by atoms with Gasteiger partial charge in [-0.3, -0.25) is 0 Å². The Hall–Kier alpha value is -1.59. The lowest BCUT2D eigenvalue weighted by Gasteiger charge is -2.05. The van der Waals surface area contributed by atoms with Gasteiger partial charge in [0.15, 0.2) is 0 Å². The molecule has 0 fully saturated rings. The van der Waals surface area contributed by atoms with Gasteiger partial charge in [-0.1, -0.05) is 55.1 Å². The van der Waals surface area contributed by atoms with Crippen LogP contribution in [-0.2, 0) is 17.5 Å². The highest BCUT2D eigenvalue weighted by atomic mass is 31.0. The Morgan fingerprint density at radius 1 is 0.889 bits per heavy atom. The van der Waals surface area contributed by atoms with Crippen molar-refractivity contribution in [1.29, 1.82) is 0 Å². The molecule has 0 bridgehead atoms. The van der Waals surface area contributed by atoms with Crippen LogP contribution in [0.4, 0.5) is 0 Å². The summed E-state index contributed by atoms with van der Waals surface area (Å²) in [6.45, 7) is 4.11. The summed E-state index contributed by atoms with van der Waals surface area (Å²) in [5.41, 5.74) is 4.96. The molecule has 18 heavy (non-hydrogen) atoms. The van der Waals surface area contributed by atoms with E-state index < -0.39 is 0 Å². The van der Waals surface area contributed by atoms with Crippen LogP contribution in [0.1, 0.15) is 11.1 Å². The van der Waals surface area contributed by atoms with Crippen LogP contribution in [0.25, 0.3) is 11.1 Å². The Morgan fingerprint density at radius 2 is 1.39 bits per heavy atom. The molecule has 2 aromatic carbocycles. The van der Waals surface area contributed by atoms with E-state index in [2.05, 4.69) is 64.3 Å². The van der Waals surface area contributed by atoms with Gasteiger partial charge in [0.1, 0.15) is 6.61 Å². The minimum atomic E-state index is 0.579. The molecule has 2 aromatic rings. The van der Waals surface area contributed by atoms with E-state index in [-0.39, 0.29) is 0 Å². The fourth-order valence-corrected chi connectivity index (χ4v) is 2.05. The van der Waals surface area contributed by atoms with E-state index >= 15 is 0 Å². The van der Waals surface area contributed by atoms with E-state index in [4.69, 9.17) is 4.74 Å². The standard InChI is InChI=1S/C16H17OP/c1-2-17-11-13-3-7-15(8-4-13)16-9-5-14(12-18)6-10-16/h2-10H,1,11-12,18H2. The molecule has 2 heteroatoms. The number of hydrogen-bond acceptors (Lipinski definition) is 1. The molecule has 92 valence electrons. The maximum atomic E-state index is 5.16. The summed E-state index contributed by atoms with van der Waals surface area (Å²) in [4.78, 5) is 0. The van der Waals surface area contributed by atoms with Crippen molar-refractivity contribution in [3.8, 4) is 11.1 Å². The summed E-state index contributed by atoms with van der Waals surface area (Å²) < 4.78 is 5.16. The summed E-state index contributed by atoms with van der Waals surface area (Å²) in [6, 6.07) is 17.1. The van der Waals surface area contributed by atoms with E-state index in [1.54, 1.807) is 0 Å². The maximum absolute atomic E-state index is 5.16. The van der Waals surface area contributed by atoms with Crippen molar-refractivity contribution in [2.75, 3.05) is 0 Å². The molecule has 0 saturated heterocycles. The van der Waals surface area contributed by atoms with Crippen molar-refractivity contribution in [2.45, 2.75) is 12.8 Å². The van der Waals surface area contributed by atoms with Gasteiger partial charge in [-0.25, -0.2) is 0 Å². The van der Waals surface area contributed by atoms with Crippen LogP contribution in [0.5, 0.6) is 0 Å². The number of benzene rings is 2. The minimum absolute atomic E-state index is 0.579. The van der Waals surface area contributed by atoms with Crippen molar-refractivity contribution >= 4 is 9.24 Å². The SMILES string of the molecule is C=COCc1ccc(-c2ccc(CP)cc2)cc1. The summed E-state index contributed by atoms with van der Waals surface area (Å²) in [6.07, 6.45) is 2.47. The van der Waals surface area contributed by atoms with Crippen molar-refractivity contribution in [3.05, 3.63) is 72.5 Å². The predicted octanol–water partition coefficient (Wildman–Crippen LogP) is 4.39. The quantitative estimate of drug-likeness (QED) is 0.569. The largest absolute Gasteiger partial charge is 0.497 e. The molecule has 0 aliphatic heterocycles. The zero-order valence-electron chi connectivity index (χ0n) is 10.3. The topological polar surface area (TPSA) is 9.23 Å². The molecule has 0 aliphatic carbocycles. The zero-order chi connectivity index (χ0) is 12.8. The molecule has 0 heterocycles. The molecule has 1 unspecified atom stereocenters. The summed E-state index contributed by atoms with van der Waals surface area (Å²) in [7, 11) is 2.74. The van der Waals surface area contributed by atoms with Crippen LogP contribution in [0.3, 0.4) is 0 Å². The molecule has 0 aromatic heterocycles. The van der Waals surface area contributed by atoms with Gasteiger partial charge in [-0.2, -0.15) is 0 Å². The van der Waals surface area contributed by atoms with E-state index in [0.717, 1.165) is 11.7 Å². The van der Waals surface area contributed by atoms with Crippen LogP contribution in [0, 0.1) is 0 Å². The summed E-state index contributed by atoms with van der Waals surface area (Å²) in [5, 5.41) is 0. The number of hydrogen-bond donors (Lipinski definition) is 0. The van der Waals surface area contributed by atoms with Gasteiger partial charge in [0.2, 0.25) is 0 Å². The summed E-state index contributed by atoms with van der Waals surface area (Å²) in [5.74, 6) is 0. The first-order chi connectivity index (χ1) is 8.83. The third-order valence-electron chi connectivity index (χ3n) is 2.84. The first-order valence-corrected chi connectivity index (χ1v) is 6.76. The second-order valence-corrected chi connectivity index (χ2v) is 4.48. The van der Waals surface area contributed by atoms with E-state index in [1.165, 1.54) is 23.0 Å². The Kier molecular flexibility index (Phi) is 4.55. The van der Waals surface area contributed by atoms with Crippen LogP contribution >= 0.6 is 9.24 Å². The molecule has 0 N–H and O–H groups in total. The number of ether oxygens (including phenoxy) is 1. The monoisotopic (exact) mass is 256 g/mol. The highest BCUT2D eigenvalue weighted by molar-refractivity contribution is 7.15. The predicted molar refractivity (Wildman–Crippen MR) is 80.3 cm³/mol. The molecular formula is C16H17OP. The van der Waals surface area contributed by atoms with Gasteiger partial charge >= 0.3 is 0 Å². The Labute approximate surface area is 111 Å². The molecule has 0 aliphatic rings. The lowest BCUT2D eigenvalue weighted by Crippen LogP contribution is -1.86. The molecule has 1 nitrogen and oxygen atoms in total. The Balaban J connectivity index is 2.14. The molecule has 0 amide bonds. The van der Waals surface area contributed by atoms with Gasteiger partial charge < -0.3 is 4.74 Å². The van der Waals surface area contributed by atoms with Crippen molar-refractivity contribution in [1.82, 2.24) is 0 Å². The third-order valence-corrected chi connectivity index (χ3v) is 3.32. The molecule has 1 atom stereocenters. The van der Waals surface area contributed by atoms with Gasteiger partial charge in [0.25, 0.3) is 0 Å². The van der Waals surface area contributed by atoms with Crippen molar-refractivity contribution in [3.63, 3.8) is 0 Å². The van der Waals surface area contributed by atoms with E-state index in [0.29, 0.717) is 6.61 Å². The molecular weight excluding hydrogens is 239 g/mol. The summed E-state index contributed by atoms with van der Waals surface area (Å²) >= 11 is 0. The lowest BCUT2D eigenvalue weighted by molar-refractivity contribution is 0.238. The van der Waals surface area contributed by atoms with Crippen LogP contribution in [0.15, 0.2) is 61.4 Å². The smallest absolute Gasteiger partial charge is 0.112 e. The Morgan fingerprint density at radius 3 is 1.83 bits per heavy atom. The van der Waals surface area contributed by atoms with Gasteiger partial charge in [0.05, 0.1) is 6.26 Å². The molecule has 0 radical (unpaired) electrons. The average Bonchev–Trinajstić information content (AvgIpc) is 2.46. The van der Waals surface area contributed by atoms with Crippen LogP contribution in [-0.4, -0.2) is 0 Å². The molecule has 2 rings (SSSR count). The zero-order valence-corrected chi connectivity index (χ0v) is 11.5. The Bertz CT molecular complexity index is 500. The van der Waals surface area contributed by atoms with Crippen molar-refractivity contribution in [2.24, 2.45) is 0 Å². The molecule has 0 spiro atoms. The normalized spacial score (nSPS) is 10.1. The lowest BCUT2D eigenvalue weighted by atomic mass is 10.0. The highest BCUT2D eigenvalue weighted by Gasteiger charge is 1.98. The fourth-order valence-electron chi connectivity index (χ4n) is 1.78. The van der Waals surface area contributed by atoms with Crippen molar-refractivity contribution < 1.29 is 4.74 Å². The highest BCUT2D eigenvalue weighted by Crippen LogP contribution is 2.21. The first-order valence-electron chi connectivity index (χ1n) is 5.94. The van der Waals surface area contributed by atoms with Crippen LogP contribution < -0.4 is 0 Å². The third kappa shape index (κ3) is 3.21. The van der Waals surface area contributed by atoms with Gasteiger partial charge in [-0.05, 0) is 28.4 Å². The van der Waals surface area contributed by atoms with Crippen LogP contribution in [0.2, 0.25) is 0 Å².